The number of carbonyl (C=O) groups is 1. The zero-order valence-electron chi connectivity index (χ0n) is 18.3. The number of carbonyl (C=O) groups excluding carboxylic acids is 1. The number of hydrogen-bond donors (Lipinski definition) is 1. The molecule has 0 saturated carbocycles. The number of anilines is 2. The lowest BCUT2D eigenvalue weighted by atomic mass is 9.98. The van der Waals surface area contributed by atoms with Gasteiger partial charge in [0.2, 0.25) is 5.91 Å². The molecule has 0 spiro atoms. The molecule has 3 aromatic heterocycles. The van der Waals surface area contributed by atoms with Crippen LogP contribution in [0.4, 0.5) is 11.4 Å². The molecule has 1 aromatic carbocycles. The molecule has 0 fully saturated rings. The third kappa shape index (κ3) is 3.15. The Balaban J connectivity index is 1.73. The van der Waals surface area contributed by atoms with E-state index in [1.807, 2.05) is 51.1 Å². The maximum Gasteiger partial charge on any atom is 0.244 e. The summed E-state index contributed by atoms with van der Waals surface area (Å²) in [4.78, 5) is 23.7. The fourth-order valence-corrected chi connectivity index (χ4v) is 4.37. The zero-order valence-corrected chi connectivity index (χ0v) is 18.3. The van der Waals surface area contributed by atoms with Crippen LogP contribution in [0.3, 0.4) is 0 Å². The van der Waals surface area contributed by atoms with Crippen LogP contribution >= 0.6 is 0 Å². The van der Waals surface area contributed by atoms with Gasteiger partial charge in [0.05, 0.1) is 59.7 Å². The fraction of sp³-hybridized carbons (Fsp3) is 0.250. The molecule has 0 saturated heterocycles. The highest BCUT2D eigenvalue weighted by Gasteiger charge is 2.30. The first-order valence-electron chi connectivity index (χ1n) is 10.4. The summed E-state index contributed by atoms with van der Waals surface area (Å²) in [6.07, 6.45) is 3.47. The van der Waals surface area contributed by atoms with Crippen molar-refractivity contribution in [2.45, 2.75) is 26.8 Å². The summed E-state index contributed by atoms with van der Waals surface area (Å²) >= 11 is 0. The second-order valence-corrected chi connectivity index (χ2v) is 7.90. The number of hydrogen-bond acceptors (Lipinski definition) is 7. The van der Waals surface area contributed by atoms with Crippen LogP contribution in [0.15, 0.2) is 47.2 Å². The Bertz CT molecular complexity index is 1310. The highest BCUT2D eigenvalue weighted by Crippen LogP contribution is 2.44. The third-order valence-electron chi connectivity index (χ3n) is 5.92. The smallest absolute Gasteiger partial charge is 0.244 e. The Kier molecular flexibility index (Phi) is 4.77. The zero-order chi connectivity index (χ0) is 22.4. The van der Waals surface area contributed by atoms with Gasteiger partial charge in [-0.25, -0.2) is 0 Å². The molecule has 8 nitrogen and oxygen atoms in total. The predicted octanol–water partition coefficient (Wildman–Crippen LogP) is 4.43. The van der Waals surface area contributed by atoms with Crippen molar-refractivity contribution < 1.29 is 14.1 Å². The van der Waals surface area contributed by atoms with Gasteiger partial charge in [0.15, 0.2) is 0 Å². The van der Waals surface area contributed by atoms with E-state index >= 15 is 0 Å². The minimum Gasteiger partial charge on any atom is -0.496 e. The Morgan fingerprint density at radius 2 is 2.06 bits per heavy atom. The van der Waals surface area contributed by atoms with E-state index < -0.39 is 0 Å². The Morgan fingerprint density at radius 3 is 2.75 bits per heavy atom. The molecule has 1 amide bonds. The average molecular weight is 429 g/mol. The lowest BCUT2D eigenvalue weighted by Crippen LogP contribution is -2.40. The first-order chi connectivity index (χ1) is 15.5. The molecule has 1 N–H and O–H groups in total. The summed E-state index contributed by atoms with van der Waals surface area (Å²) < 4.78 is 11.1. The van der Waals surface area contributed by atoms with Crippen molar-refractivity contribution in [3.05, 3.63) is 59.9 Å². The Morgan fingerprint density at radius 1 is 1.22 bits per heavy atom. The summed E-state index contributed by atoms with van der Waals surface area (Å²) in [7, 11) is 1.64. The number of fused-ring (bicyclic) bond motifs is 3. The number of methoxy groups -OCH3 is 1. The molecule has 1 atom stereocenters. The molecule has 8 heteroatoms. The largest absolute Gasteiger partial charge is 0.496 e. The van der Waals surface area contributed by atoms with E-state index in [4.69, 9.17) is 9.26 Å². The van der Waals surface area contributed by atoms with Gasteiger partial charge in [0, 0.05) is 17.1 Å². The van der Waals surface area contributed by atoms with Crippen LogP contribution < -0.4 is 15.0 Å². The van der Waals surface area contributed by atoms with Crippen LogP contribution in [-0.4, -0.2) is 34.7 Å². The third-order valence-corrected chi connectivity index (χ3v) is 5.92. The topological polar surface area (TPSA) is 93.4 Å². The monoisotopic (exact) mass is 429 g/mol. The summed E-state index contributed by atoms with van der Waals surface area (Å²) in [5, 5.41) is 7.93. The highest BCUT2D eigenvalue weighted by atomic mass is 16.5. The summed E-state index contributed by atoms with van der Waals surface area (Å²) in [6.45, 7) is 6.05. The van der Waals surface area contributed by atoms with Crippen molar-refractivity contribution in [3.8, 4) is 16.9 Å². The maximum absolute atomic E-state index is 12.5. The van der Waals surface area contributed by atoms with Crippen molar-refractivity contribution >= 4 is 28.2 Å². The number of amides is 1. The summed E-state index contributed by atoms with van der Waals surface area (Å²) in [6, 6.07) is 9.65. The standard InChI is InChI=1S/C24H23N5O3/c1-13-23(15(3)32-28-13)17-9-19-16(10-21(17)31-4)24-20(11-26-19)27-22(30)12-29(24)14(2)18-7-5-6-8-25-18/h5-11,14H,12H2,1-4H3,(H,27,30)/t14-/m1/s1. The molecule has 0 aliphatic carbocycles. The van der Waals surface area contributed by atoms with Crippen LogP contribution in [0.25, 0.3) is 22.0 Å². The predicted molar refractivity (Wildman–Crippen MR) is 122 cm³/mol. The van der Waals surface area contributed by atoms with Gasteiger partial charge in [0.1, 0.15) is 11.5 Å². The van der Waals surface area contributed by atoms with Crippen LogP contribution in [-0.2, 0) is 4.79 Å². The Hall–Kier alpha value is -3.94. The minimum atomic E-state index is -0.111. The number of rotatable bonds is 4. The molecule has 4 heterocycles. The number of nitrogens with one attached hydrogen (secondary N) is 1. The van der Waals surface area contributed by atoms with E-state index in [1.165, 1.54) is 0 Å². The first kappa shape index (κ1) is 20.0. The lowest BCUT2D eigenvalue weighted by Gasteiger charge is -2.36. The molecule has 1 aliphatic heterocycles. The first-order valence-corrected chi connectivity index (χ1v) is 10.4. The Labute approximate surface area is 185 Å². The second-order valence-electron chi connectivity index (χ2n) is 7.90. The molecule has 0 radical (unpaired) electrons. The summed E-state index contributed by atoms with van der Waals surface area (Å²) in [5.41, 5.74) is 5.80. The maximum atomic E-state index is 12.5. The molecular weight excluding hydrogens is 406 g/mol. The van der Waals surface area contributed by atoms with Crippen LogP contribution in [0, 0.1) is 13.8 Å². The molecule has 1 aliphatic rings. The van der Waals surface area contributed by atoms with E-state index in [9.17, 15) is 4.79 Å². The molecular formula is C24H23N5O3. The van der Waals surface area contributed by atoms with Crippen molar-refractivity contribution in [1.29, 1.82) is 0 Å². The molecule has 162 valence electrons. The van der Waals surface area contributed by atoms with Gasteiger partial charge in [-0.3, -0.25) is 14.8 Å². The highest BCUT2D eigenvalue weighted by molar-refractivity contribution is 6.10. The number of aryl methyl sites for hydroxylation is 2. The molecule has 4 aromatic rings. The molecule has 5 rings (SSSR count). The lowest BCUT2D eigenvalue weighted by molar-refractivity contribution is -0.115. The van der Waals surface area contributed by atoms with Gasteiger partial charge in [-0.15, -0.1) is 0 Å². The van der Waals surface area contributed by atoms with Gasteiger partial charge in [-0.1, -0.05) is 11.2 Å². The number of pyridine rings is 2. The van der Waals surface area contributed by atoms with Crippen molar-refractivity contribution in [2.75, 3.05) is 23.9 Å². The number of nitrogens with zero attached hydrogens (tertiary/aromatic N) is 4. The van der Waals surface area contributed by atoms with E-state index in [2.05, 4.69) is 25.3 Å². The normalized spacial score (nSPS) is 14.2. The van der Waals surface area contributed by atoms with Gasteiger partial charge >= 0.3 is 0 Å². The van der Waals surface area contributed by atoms with E-state index in [0.717, 1.165) is 44.9 Å². The second kappa shape index (κ2) is 7.64. The van der Waals surface area contributed by atoms with Gasteiger partial charge in [-0.2, -0.15) is 0 Å². The van der Waals surface area contributed by atoms with Gasteiger partial charge < -0.3 is 19.5 Å². The number of benzene rings is 1. The molecule has 0 bridgehead atoms. The number of ether oxygens (including phenoxy) is 1. The SMILES string of the molecule is COc1cc2c3c(cnc2cc1-c1c(C)noc1C)NC(=O)CN3[C@H](C)c1ccccn1. The number of aromatic nitrogens is 3. The summed E-state index contributed by atoms with van der Waals surface area (Å²) in [5.74, 6) is 1.32. The van der Waals surface area contributed by atoms with Gasteiger partial charge in [0.25, 0.3) is 0 Å². The van der Waals surface area contributed by atoms with E-state index in [-0.39, 0.29) is 18.5 Å². The van der Waals surface area contributed by atoms with E-state index in [1.54, 1.807) is 19.5 Å². The van der Waals surface area contributed by atoms with Crippen LogP contribution in [0.2, 0.25) is 0 Å². The van der Waals surface area contributed by atoms with E-state index in [0.29, 0.717) is 11.4 Å². The fourth-order valence-electron chi connectivity index (χ4n) is 4.37. The molecule has 0 unspecified atom stereocenters. The minimum absolute atomic E-state index is 0.0827. The quantitative estimate of drug-likeness (QED) is 0.513. The van der Waals surface area contributed by atoms with Crippen LogP contribution in [0.5, 0.6) is 5.75 Å². The van der Waals surface area contributed by atoms with Crippen molar-refractivity contribution in [1.82, 2.24) is 15.1 Å². The van der Waals surface area contributed by atoms with Gasteiger partial charge in [-0.05, 0) is 45.0 Å². The van der Waals surface area contributed by atoms with Crippen molar-refractivity contribution in [3.63, 3.8) is 0 Å². The molecule has 32 heavy (non-hydrogen) atoms. The average Bonchev–Trinajstić information content (AvgIpc) is 3.15. The van der Waals surface area contributed by atoms with Crippen LogP contribution in [0.1, 0.15) is 30.1 Å². The van der Waals surface area contributed by atoms with Crippen molar-refractivity contribution in [2.24, 2.45) is 0 Å².